The molecule has 1 fully saturated rings. The van der Waals surface area contributed by atoms with E-state index < -0.39 is 17.7 Å². The van der Waals surface area contributed by atoms with E-state index in [4.69, 9.17) is 4.74 Å². The number of methoxy groups -OCH3 is 1. The molecule has 1 amide bonds. The lowest BCUT2D eigenvalue weighted by Crippen LogP contribution is -2.30. The summed E-state index contributed by atoms with van der Waals surface area (Å²) in [6.07, 6.45) is 0. The van der Waals surface area contributed by atoms with E-state index in [-0.39, 0.29) is 16.7 Å². The van der Waals surface area contributed by atoms with Crippen LogP contribution in [0.3, 0.4) is 0 Å². The lowest BCUT2D eigenvalue weighted by Gasteiger charge is -2.28. The number of hydrogen-bond acceptors (Lipinski definition) is 5. The highest BCUT2D eigenvalue weighted by atomic mass is 16.5. The van der Waals surface area contributed by atoms with Gasteiger partial charge >= 0.3 is 0 Å². The van der Waals surface area contributed by atoms with Crippen molar-refractivity contribution in [3.8, 4) is 5.75 Å². The van der Waals surface area contributed by atoms with Crippen molar-refractivity contribution in [1.29, 1.82) is 0 Å². The summed E-state index contributed by atoms with van der Waals surface area (Å²) in [5.74, 6) is -1.20. The molecular formula is C34H40N2O4. The Bertz CT molecular complexity index is 1460. The summed E-state index contributed by atoms with van der Waals surface area (Å²) in [5, 5.41) is 11.8. The first-order valence-electron chi connectivity index (χ1n) is 13.9. The van der Waals surface area contributed by atoms with Gasteiger partial charge in [0.1, 0.15) is 11.5 Å². The number of rotatable bonds is 7. The molecule has 1 heterocycles. The van der Waals surface area contributed by atoms with Gasteiger partial charge in [0, 0.05) is 24.5 Å². The maximum absolute atomic E-state index is 13.8. The number of carbonyl (C=O) groups is 2. The summed E-state index contributed by atoms with van der Waals surface area (Å²) >= 11 is 0. The second-order valence-electron chi connectivity index (χ2n) is 11.3. The van der Waals surface area contributed by atoms with Crippen molar-refractivity contribution in [2.24, 2.45) is 0 Å². The van der Waals surface area contributed by atoms with Crippen LogP contribution in [0.1, 0.15) is 68.5 Å². The number of carbonyl (C=O) groups excluding carboxylic acids is 2. The maximum Gasteiger partial charge on any atom is 0.300 e. The SMILES string of the molecule is CCN(CC)c1ccc(C2/C(=C(\O)c3cc(C(C)(C)C)ccc3OC)C(=O)C(=O)N2c2cccc(C)c2C)cc1. The van der Waals surface area contributed by atoms with Crippen LogP contribution in [0, 0.1) is 13.8 Å². The fourth-order valence-electron chi connectivity index (χ4n) is 5.35. The first kappa shape index (κ1) is 28.9. The average molecular weight is 541 g/mol. The number of ether oxygens (including phenoxy) is 1. The average Bonchev–Trinajstić information content (AvgIpc) is 3.20. The minimum Gasteiger partial charge on any atom is -0.507 e. The van der Waals surface area contributed by atoms with Gasteiger partial charge in [-0.05, 0) is 85.7 Å². The van der Waals surface area contributed by atoms with E-state index in [9.17, 15) is 14.7 Å². The lowest BCUT2D eigenvalue weighted by atomic mass is 9.85. The standard InChI is InChI=1S/C34H40N2O4/c1-9-35(10-2)25-17-14-23(15-18-25)30-29(31(37)26-20-24(34(5,6)7)16-19-28(26)40-8)32(38)33(39)36(30)27-13-11-12-21(3)22(27)4/h11-20,30,37H,9-10H2,1-8H3/b31-29+. The number of aliphatic hydroxyl groups excluding tert-OH is 1. The van der Waals surface area contributed by atoms with Crippen molar-refractivity contribution >= 4 is 28.8 Å². The number of Topliss-reactive ketones (excluding diaryl/α,β-unsaturated/α-hetero) is 1. The molecule has 1 aliphatic heterocycles. The lowest BCUT2D eigenvalue weighted by molar-refractivity contribution is -0.132. The summed E-state index contributed by atoms with van der Waals surface area (Å²) in [6.45, 7) is 16.1. The Morgan fingerprint density at radius 1 is 0.975 bits per heavy atom. The molecule has 1 atom stereocenters. The van der Waals surface area contributed by atoms with Crippen LogP contribution in [0.25, 0.3) is 5.76 Å². The van der Waals surface area contributed by atoms with Crippen molar-refractivity contribution < 1.29 is 19.4 Å². The molecule has 0 aliphatic carbocycles. The van der Waals surface area contributed by atoms with Gasteiger partial charge in [0.2, 0.25) is 0 Å². The van der Waals surface area contributed by atoms with E-state index in [1.165, 1.54) is 12.0 Å². The number of ketones is 1. The molecule has 4 rings (SSSR count). The number of hydrogen-bond donors (Lipinski definition) is 1. The van der Waals surface area contributed by atoms with Crippen molar-refractivity contribution in [3.63, 3.8) is 0 Å². The van der Waals surface area contributed by atoms with Gasteiger partial charge in [0.15, 0.2) is 0 Å². The van der Waals surface area contributed by atoms with Crippen LogP contribution in [0.2, 0.25) is 0 Å². The Balaban J connectivity index is 2.00. The molecule has 6 nitrogen and oxygen atoms in total. The van der Waals surface area contributed by atoms with Crippen LogP contribution in [0.15, 0.2) is 66.2 Å². The molecule has 1 aliphatic rings. The zero-order valence-corrected chi connectivity index (χ0v) is 24.8. The van der Waals surface area contributed by atoms with Crippen LogP contribution < -0.4 is 14.5 Å². The Kier molecular flexibility index (Phi) is 8.10. The third kappa shape index (κ3) is 5.10. The Labute approximate surface area is 237 Å². The Morgan fingerprint density at radius 2 is 1.62 bits per heavy atom. The molecule has 0 aromatic heterocycles. The maximum atomic E-state index is 13.8. The Hall–Kier alpha value is -4.06. The smallest absolute Gasteiger partial charge is 0.300 e. The van der Waals surface area contributed by atoms with E-state index >= 15 is 0 Å². The molecular weight excluding hydrogens is 500 g/mol. The zero-order chi connectivity index (χ0) is 29.4. The number of nitrogens with zero attached hydrogens (tertiary/aromatic N) is 2. The normalized spacial score (nSPS) is 16.9. The Morgan fingerprint density at radius 3 is 2.20 bits per heavy atom. The quantitative estimate of drug-likeness (QED) is 0.197. The van der Waals surface area contributed by atoms with Gasteiger partial charge in [0.05, 0.1) is 24.3 Å². The molecule has 1 N–H and O–H groups in total. The summed E-state index contributed by atoms with van der Waals surface area (Å²) in [5.41, 5.74) is 5.56. The molecule has 6 heteroatoms. The fraction of sp³-hybridized carbons (Fsp3) is 0.353. The summed E-state index contributed by atoms with van der Waals surface area (Å²) < 4.78 is 5.60. The third-order valence-corrected chi connectivity index (χ3v) is 7.94. The predicted octanol–water partition coefficient (Wildman–Crippen LogP) is 7.08. The molecule has 210 valence electrons. The zero-order valence-electron chi connectivity index (χ0n) is 24.8. The molecule has 40 heavy (non-hydrogen) atoms. The van der Waals surface area contributed by atoms with Crippen molar-refractivity contribution in [2.45, 2.75) is 59.9 Å². The molecule has 0 radical (unpaired) electrons. The summed E-state index contributed by atoms with van der Waals surface area (Å²) in [7, 11) is 1.53. The topological polar surface area (TPSA) is 70.1 Å². The third-order valence-electron chi connectivity index (χ3n) is 7.94. The van der Waals surface area contributed by atoms with Crippen LogP contribution in [0.4, 0.5) is 11.4 Å². The first-order valence-corrected chi connectivity index (χ1v) is 13.9. The van der Waals surface area contributed by atoms with Crippen molar-refractivity contribution in [1.82, 2.24) is 0 Å². The van der Waals surface area contributed by atoms with Gasteiger partial charge in [-0.1, -0.05) is 51.1 Å². The van der Waals surface area contributed by atoms with Crippen LogP contribution in [0.5, 0.6) is 5.75 Å². The number of amides is 1. The molecule has 0 bridgehead atoms. The second-order valence-corrected chi connectivity index (χ2v) is 11.3. The van der Waals surface area contributed by atoms with E-state index in [1.54, 1.807) is 6.07 Å². The number of aliphatic hydroxyl groups is 1. The molecule has 1 saturated heterocycles. The number of aryl methyl sites for hydroxylation is 1. The molecule has 3 aromatic rings. The first-order chi connectivity index (χ1) is 18.9. The van der Waals surface area contributed by atoms with Crippen LogP contribution in [-0.4, -0.2) is 37.0 Å². The highest BCUT2D eigenvalue weighted by Crippen LogP contribution is 2.45. The van der Waals surface area contributed by atoms with Crippen LogP contribution in [-0.2, 0) is 15.0 Å². The second kappa shape index (κ2) is 11.2. The summed E-state index contributed by atoms with van der Waals surface area (Å²) in [6, 6.07) is 18.4. The minimum atomic E-state index is -0.811. The monoisotopic (exact) mass is 540 g/mol. The fourth-order valence-corrected chi connectivity index (χ4v) is 5.35. The highest BCUT2D eigenvalue weighted by Gasteiger charge is 2.47. The van der Waals surface area contributed by atoms with Gasteiger partial charge in [-0.3, -0.25) is 14.5 Å². The minimum absolute atomic E-state index is 0.0471. The van der Waals surface area contributed by atoms with E-state index in [1.807, 2.05) is 68.4 Å². The molecule has 0 spiro atoms. The van der Waals surface area contributed by atoms with Gasteiger partial charge in [-0.25, -0.2) is 0 Å². The van der Waals surface area contributed by atoms with Crippen molar-refractivity contribution in [2.75, 3.05) is 30.0 Å². The van der Waals surface area contributed by atoms with E-state index in [2.05, 4.69) is 39.5 Å². The number of anilines is 2. The number of benzene rings is 3. The van der Waals surface area contributed by atoms with E-state index in [0.717, 1.165) is 41.0 Å². The molecule has 0 saturated carbocycles. The van der Waals surface area contributed by atoms with E-state index in [0.29, 0.717) is 17.0 Å². The van der Waals surface area contributed by atoms with Gasteiger partial charge in [0.25, 0.3) is 11.7 Å². The van der Waals surface area contributed by atoms with Crippen molar-refractivity contribution in [3.05, 3.63) is 94.1 Å². The van der Waals surface area contributed by atoms with Gasteiger partial charge in [-0.2, -0.15) is 0 Å². The molecule has 3 aromatic carbocycles. The predicted molar refractivity (Wildman–Crippen MR) is 162 cm³/mol. The summed E-state index contributed by atoms with van der Waals surface area (Å²) in [4.78, 5) is 31.3. The van der Waals surface area contributed by atoms with Gasteiger partial charge in [-0.15, -0.1) is 0 Å². The highest BCUT2D eigenvalue weighted by molar-refractivity contribution is 6.51. The van der Waals surface area contributed by atoms with Crippen LogP contribution >= 0.6 is 0 Å². The van der Waals surface area contributed by atoms with Gasteiger partial charge < -0.3 is 14.7 Å². The largest absolute Gasteiger partial charge is 0.507 e. The molecule has 1 unspecified atom stereocenters.